The Bertz CT molecular complexity index is 1070. The van der Waals surface area contributed by atoms with Crippen LogP contribution in [0.5, 0.6) is 5.75 Å². The molecule has 0 spiro atoms. The van der Waals surface area contributed by atoms with Gasteiger partial charge in [0.1, 0.15) is 23.0 Å². The number of hydrogen-bond acceptors (Lipinski definition) is 5. The Morgan fingerprint density at radius 3 is 2.89 bits per heavy atom. The minimum atomic E-state index is -0.688. The maximum Gasteiger partial charge on any atom is 0.338 e. The zero-order chi connectivity index (χ0) is 18.8. The largest absolute Gasteiger partial charge is 0.484 e. The first-order valence-electron chi connectivity index (χ1n) is 9.26. The number of rotatable bonds is 2. The van der Waals surface area contributed by atoms with Crippen LogP contribution in [0.15, 0.2) is 57.3 Å². The van der Waals surface area contributed by atoms with Crippen molar-refractivity contribution in [2.75, 3.05) is 0 Å². The first kappa shape index (κ1) is 16.4. The topological polar surface area (TPSA) is 65.7 Å². The summed E-state index contributed by atoms with van der Waals surface area (Å²) in [4.78, 5) is 24.1. The molecule has 138 valence electrons. The lowest BCUT2D eigenvalue weighted by Crippen LogP contribution is -2.49. The van der Waals surface area contributed by atoms with Crippen LogP contribution in [0, 0.1) is 11.8 Å². The van der Waals surface area contributed by atoms with E-state index in [0.29, 0.717) is 35.2 Å². The van der Waals surface area contributed by atoms with Crippen LogP contribution in [-0.4, -0.2) is 17.7 Å². The molecule has 3 aliphatic rings. The molecular weight excluding hydrogens is 344 g/mol. The van der Waals surface area contributed by atoms with Crippen molar-refractivity contribution in [2.24, 2.45) is 11.8 Å². The Morgan fingerprint density at radius 2 is 2.07 bits per heavy atom. The van der Waals surface area contributed by atoms with Crippen molar-refractivity contribution in [1.29, 1.82) is 0 Å². The fraction of sp³-hybridized carbons (Fsp3) is 0.364. The molecule has 3 atom stereocenters. The van der Waals surface area contributed by atoms with E-state index in [0.717, 1.165) is 17.4 Å². The van der Waals surface area contributed by atoms with E-state index in [9.17, 15) is 9.59 Å². The molecule has 1 aromatic carbocycles. The quantitative estimate of drug-likeness (QED) is 0.602. The maximum absolute atomic E-state index is 12.6. The normalized spacial score (nSPS) is 27.2. The lowest BCUT2D eigenvalue weighted by Gasteiger charge is -2.39. The summed E-state index contributed by atoms with van der Waals surface area (Å²) in [5, 5.41) is 0.819. The van der Waals surface area contributed by atoms with Gasteiger partial charge in [0.05, 0.1) is 5.57 Å². The van der Waals surface area contributed by atoms with Crippen LogP contribution in [0.1, 0.15) is 25.8 Å². The van der Waals surface area contributed by atoms with E-state index < -0.39 is 17.3 Å². The summed E-state index contributed by atoms with van der Waals surface area (Å²) in [5.41, 5.74) is 0.978. The second-order valence-corrected chi connectivity index (χ2v) is 8.10. The molecule has 2 heterocycles. The van der Waals surface area contributed by atoms with Crippen LogP contribution < -0.4 is 10.4 Å². The van der Waals surface area contributed by atoms with Crippen molar-refractivity contribution in [3.63, 3.8) is 0 Å². The van der Waals surface area contributed by atoms with Crippen LogP contribution in [0.25, 0.3) is 11.0 Å². The van der Waals surface area contributed by atoms with Gasteiger partial charge < -0.3 is 13.9 Å². The predicted molar refractivity (Wildman–Crippen MR) is 99.6 cm³/mol. The Labute approximate surface area is 156 Å². The maximum atomic E-state index is 12.6. The highest BCUT2D eigenvalue weighted by molar-refractivity contribution is 5.92. The van der Waals surface area contributed by atoms with E-state index in [2.05, 4.69) is 6.08 Å². The molecule has 0 saturated heterocycles. The molecule has 1 fully saturated rings. The standard InChI is InChI=1S/C22H20O5/c1-22(2)19(26-21(24)14-4-3-12-7-15(12)9-14)10-16-8-13-5-6-20(23)25-17(13)11-18(16)27-22/h3-6,8-9,11-12,15,19H,7,10H2,1-2H3/t12?,15?,19-/m0/s1. The van der Waals surface area contributed by atoms with Crippen LogP contribution in [0.2, 0.25) is 0 Å². The third kappa shape index (κ3) is 2.87. The molecule has 1 aliphatic heterocycles. The van der Waals surface area contributed by atoms with E-state index in [-0.39, 0.29) is 5.97 Å². The number of esters is 1. The lowest BCUT2D eigenvalue weighted by molar-refractivity contribution is -0.156. The van der Waals surface area contributed by atoms with Gasteiger partial charge in [0, 0.05) is 23.9 Å². The summed E-state index contributed by atoms with van der Waals surface area (Å²) in [5.74, 6) is 1.46. The monoisotopic (exact) mass is 364 g/mol. The van der Waals surface area contributed by atoms with Gasteiger partial charge in [-0.2, -0.15) is 0 Å². The summed E-state index contributed by atoms with van der Waals surface area (Å²) >= 11 is 0. The van der Waals surface area contributed by atoms with E-state index in [1.165, 1.54) is 6.07 Å². The molecule has 2 aliphatic carbocycles. The van der Waals surface area contributed by atoms with Gasteiger partial charge in [0.15, 0.2) is 0 Å². The zero-order valence-electron chi connectivity index (χ0n) is 15.2. The van der Waals surface area contributed by atoms with Crippen molar-refractivity contribution < 1.29 is 18.7 Å². The highest BCUT2D eigenvalue weighted by atomic mass is 16.6. The minimum Gasteiger partial charge on any atom is -0.484 e. The molecule has 1 saturated carbocycles. The molecule has 0 radical (unpaired) electrons. The molecular formula is C22H20O5. The lowest BCUT2D eigenvalue weighted by atomic mass is 9.90. The fourth-order valence-electron chi connectivity index (χ4n) is 3.87. The number of hydrogen-bond donors (Lipinski definition) is 0. The second kappa shape index (κ2) is 5.59. The van der Waals surface area contributed by atoms with Crippen molar-refractivity contribution >= 4 is 16.9 Å². The predicted octanol–water partition coefficient (Wildman–Crippen LogP) is 3.55. The summed E-state index contributed by atoms with van der Waals surface area (Å²) < 4.78 is 17.2. The number of allylic oxidation sites excluding steroid dienone is 2. The fourth-order valence-corrected chi connectivity index (χ4v) is 3.87. The highest BCUT2D eigenvalue weighted by Gasteiger charge is 2.41. The molecule has 2 aromatic rings. The molecule has 1 aromatic heterocycles. The zero-order valence-corrected chi connectivity index (χ0v) is 15.2. The van der Waals surface area contributed by atoms with Gasteiger partial charge >= 0.3 is 11.6 Å². The summed E-state index contributed by atoms with van der Waals surface area (Å²) in [6.07, 6.45) is 7.26. The first-order chi connectivity index (χ1) is 12.9. The Kier molecular flexibility index (Phi) is 3.39. The average molecular weight is 364 g/mol. The van der Waals surface area contributed by atoms with Crippen molar-refractivity contribution in [3.05, 3.63) is 64.1 Å². The molecule has 5 heteroatoms. The third-order valence-electron chi connectivity index (χ3n) is 5.65. The van der Waals surface area contributed by atoms with Crippen LogP contribution >= 0.6 is 0 Å². The van der Waals surface area contributed by atoms with Crippen LogP contribution in [0.3, 0.4) is 0 Å². The molecule has 2 unspecified atom stereocenters. The summed E-state index contributed by atoms with van der Waals surface area (Å²) in [6, 6.07) is 6.79. The van der Waals surface area contributed by atoms with Gasteiger partial charge in [0.2, 0.25) is 0 Å². The SMILES string of the molecule is CC1(C)Oc2cc3oc(=O)ccc3cc2C[C@@H]1OC(=O)C1=CC2CC2C=C1. The van der Waals surface area contributed by atoms with Crippen molar-refractivity contribution in [3.8, 4) is 5.75 Å². The van der Waals surface area contributed by atoms with Gasteiger partial charge in [-0.3, -0.25) is 0 Å². The minimum absolute atomic E-state index is 0.298. The van der Waals surface area contributed by atoms with Crippen molar-refractivity contribution in [1.82, 2.24) is 0 Å². The molecule has 0 amide bonds. The van der Waals surface area contributed by atoms with Gasteiger partial charge in [-0.15, -0.1) is 0 Å². The smallest absolute Gasteiger partial charge is 0.338 e. The van der Waals surface area contributed by atoms with Gasteiger partial charge in [-0.05, 0) is 49.8 Å². The van der Waals surface area contributed by atoms with Gasteiger partial charge in [-0.25, -0.2) is 9.59 Å². The number of fused-ring (bicyclic) bond motifs is 3. The average Bonchev–Trinajstić information content (AvgIpc) is 3.39. The number of benzene rings is 1. The Hall–Kier alpha value is -2.82. The molecule has 0 bridgehead atoms. The van der Waals surface area contributed by atoms with E-state index in [4.69, 9.17) is 13.9 Å². The highest BCUT2D eigenvalue weighted by Crippen LogP contribution is 2.44. The Morgan fingerprint density at radius 1 is 1.22 bits per heavy atom. The van der Waals surface area contributed by atoms with Crippen molar-refractivity contribution in [2.45, 2.75) is 38.4 Å². The van der Waals surface area contributed by atoms with E-state index in [1.54, 1.807) is 12.1 Å². The number of ether oxygens (including phenoxy) is 2. The molecule has 5 nitrogen and oxygen atoms in total. The van der Waals surface area contributed by atoms with Gasteiger partial charge in [-0.1, -0.05) is 18.2 Å². The van der Waals surface area contributed by atoms with Crippen LogP contribution in [-0.2, 0) is 16.0 Å². The second-order valence-electron chi connectivity index (χ2n) is 8.10. The first-order valence-corrected chi connectivity index (χ1v) is 9.26. The molecule has 0 N–H and O–H groups in total. The van der Waals surface area contributed by atoms with E-state index >= 15 is 0 Å². The summed E-state index contributed by atoms with van der Waals surface area (Å²) in [7, 11) is 0. The number of carbonyl (C=O) groups excluding carboxylic acids is 1. The van der Waals surface area contributed by atoms with Crippen LogP contribution in [0.4, 0.5) is 0 Å². The Balaban J connectivity index is 1.43. The number of carbonyl (C=O) groups is 1. The van der Waals surface area contributed by atoms with E-state index in [1.807, 2.05) is 32.1 Å². The molecule has 5 rings (SSSR count). The third-order valence-corrected chi connectivity index (χ3v) is 5.65. The molecule has 27 heavy (non-hydrogen) atoms. The van der Waals surface area contributed by atoms with Gasteiger partial charge in [0.25, 0.3) is 0 Å². The summed E-state index contributed by atoms with van der Waals surface area (Å²) in [6.45, 7) is 3.81.